The summed E-state index contributed by atoms with van der Waals surface area (Å²) in [6.45, 7) is 4.16. The van der Waals surface area contributed by atoms with Crippen molar-refractivity contribution in [2.24, 2.45) is 11.7 Å². The number of carbonyl (C=O) groups excluding carboxylic acids is 2. The molecule has 1 aliphatic rings. The molecule has 1 saturated heterocycles. The van der Waals surface area contributed by atoms with E-state index in [1.807, 2.05) is 49.4 Å². The Morgan fingerprint density at radius 3 is 2.73 bits per heavy atom. The molecule has 0 bridgehead atoms. The molecule has 9 heteroatoms. The normalized spacial score (nSPS) is 15.4. The Labute approximate surface area is 219 Å². The van der Waals surface area contributed by atoms with E-state index in [1.165, 1.54) is 11.3 Å². The predicted octanol–water partition coefficient (Wildman–Crippen LogP) is 4.57. The van der Waals surface area contributed by atoms with E-state index in [1.54, 1.807) is 23.8 Å². The van der Waals surface area contributed by atoms with Crippen molar-refractivity contribution in [3.8, 4) is 10.6 Å². The molecule has 188 valence electrons. The smallest absolute Gasteiger partial charge is 0.275 e. The van der Waals surface area contributed by atoms with Crippen LogP contribution in [0.2, 0.25) is 0 Å². The van der Waals surface area contributed by atoms with E-state index < -0.39 is 0 Å². The standard InChI is InChI=1S/C28H28N6O2S/c1-18-22(26(35)20-7-3-2-4-8-20)9-10-23(25(18)34-13-5-6-19(14-29)16-34)32-27(36)24-17-37-28(33-24)21-11-12-30-31-15-21/h2-4,7-12,15,17,19H,5-6,13-14,16,29H2,1H3,(H,32,36)/t19-/m0/s1. The van der Waals surface area contributed by atoms with Gasteiger partial charge in [0.2, 0.25) is 0 Å². The molecule has 1 atom stereocenters. The lowest BCUT2D eigenvalue weighted by atomic mass is 9.93. The first kappa shape index (κ1) is 24.7. The number of hydrogen-bond donors (Lipinski definition) is 2. The molecule has 1 amide bonds. The molecule has 37 heavy (non-hydrogen) atoms. The number of amides is 1. The molecule has 1 aliphatic heterocycles. The van der Waals surface area contributed by atoms with Gasteiger partial charge in [0.1, 0.15) is 10.7 Å². The van der Waals surface area contributed by atoms with Crippen LogP contribution in [0.3, 0.4) is 0 Å². The first-order chi connectivity index (χ1) is 18.0. The Morgan fingerprint density at radius 1 is 1.14 bits per heavy atom. The number of nitrogens with two attached hydrogens (primary N) is 1. The van der Waals surface area contributed by atoms with Crippen LogP contribution in [0.25, 0.3) is 10.6 Å². The van der Waals surface area contributed by atoms with Gasteiger partial charge in [0, 0.05) is 35.2 Å². The van der Waals surface area contributed by atoms with Gasteiger partial charge in [-0.15, -0.1) is 11.3 Å². The zero-order valence-corrected chi connectivity index (χ0v) is 21.4. The Balaban J connectivity index is 1.49. The quantitative estimate of drug-likeness (QED) is 0.349. The van der Waals surface area contributed by atoms with Crippen LogP contribution in [0, 0.1) is 12.8 Å². The van der Waals surface area contributed by atoms with Crippen LogP contribution in [-0.4, -0.2) is 46.5 Å². The lowest BCUT2D eigenvalue weighted by Crippen LogP contribution is -2.39. The number of aromatic nitrogens is 3. The van der Waals surface area contributed by atoms with Crippen molar-refractivity contribution < 1.29 is 9.59 Å². The average Bonchev–Trinajstić information content (AvgIpc) is 3.45. The third-order valence-corrected chi connectivity index (χ3v) is 7.59. The molecule has 8 nitrogen and oxygen atoms in total. The Bertz CT molecular complexity index is 1410. The highest BCUT2D eigenvalue weighted by atomic mass is 32.1. The third kappa shape index (κ3) is 5.28. The fourth-order valence-corrected chi connectivity index (χ4v) is 5.57. The summed E-state index contributed by atoms with van der Waals surface area (Å²) in [4.78, 5) is 33.4. The summed E-state index contributed by atoms with van der Waals surface area (Å²) in [6.07, 6.45) is 5.29. The van der Waals surface area contributed by atoms with Crippen LogP contribution < -0.4 is 16.0 Å². The molecule has 0 spiro atoms. The number of nitrogens with one attached hydrogen (secondary N) is 1. The van der Waals surface area contributed by atoms with E-state index in [9.17, 15) is 9.59 Å². The van der Waals surface area contributed by atoms with E-state index >= 15 is 0 Å². The second-order valence-electron chi connectivity index (χ2n) is 9.14. The molecule has 0 radical (unpaired) electrons. The number of anilines is 2. The maximum absolute atomic E-state index is 13.4. The van der Waals surface area contributed by atoms with Crippen molar-refractivity contribution in [1.29, 1.82) is 0 Å². The predicted molar refractivity (Wildman–Crippen MR) is 146 cm³/mol. The van der Waals surface area contributed by atoms with E-state index in [4.69, 9.17) is 5.73 Å². The van der Waals surface area contributed by atoms with Gasteiger partial charge < -0.3 is 16.0 Å². The summed E-state index contributed by atoms with van der Waals surface area (Å²) in [5.74, 6) is 0.0136. The molecule has 1 fully saturated rings. The minimum atomic E-state index is -0.306. The van der Waals surface area contributed by atoms with Gasteiger partial charge >= 0.3 is 0 Å². The zero-order chi connectivity index (χ0) is 25.8. The van der Waals surface area contributed by atoms with Crippen molar-refractivity contribution in [2.45, 2.75) is 19.8 Å². The van der Waals surface area contributed by atoms with Crippen molar-refractivity contribution >= 4 is 34.4 Å². The lowest BCUT2D eigenvalue weighted by Gasteiger charge is -2.36. The Hall–Kier alpha value is -3.95. The van der Waals surface area contributed by atoms with Crippen LogP contribution >= 0.6 is 11.3 Å². The molecule has 4 aromatic rings. The van der Waals surface area contributed by atoms with Crippen molar-refractivity contribution in [1.82, 2.24) is 15.2 Å². The van der Waals surface area contributed by atoms with Gasteiger partial charge in [0.15, 0.2) is 5.78 Å². The van der Waals surface area contributed by atoms with Crippen molar-refractivity contribution in [3.63, 3.8) is 0 Å². The molecule has 2 aromatic heterocycles. The molecular formula is C28H28N6O2S. The molecule has 3 N–H and O–H groups in total. The van der Waals surface area contributed by atoms with Crippen LogP contribution in [0.15, 0.2) is 66.3 Å². The molecule has 0 saturated carbocycles. The summed E-state index contributed by atoms with van der Waals surface area (Å²) in [5.41, 5.74) is 10.8. The summed E-state index contributed by atoms with van der Waals surface area (Å²) in [6, 6.07) is 14.7. The summed E-state index contributed by atoms with van der Waals surface area (Å²) < 4.78 is 0. The maximum atomic E-state index is 13.4. The number of benzene rings is 2. The van der Waals surface area contributed by atoms with Gasteiger partial charge in [-0.25, -0.2) is 4.98 Å². The van der Waals surface area contributed by atoms with E-state index in [0.29, 0.717) is 40.0 Å². The highest BCUT2D eigenvalue weighted by Gasteiger charge is 2.26. The topological polar surface area (TPSA) is 114 Å². The largest absolute Gasteiger partial charge is 0.369 e. The van der Waals surface area contributed by atoms with Gasteiger partial charge in [-0.1, -0.05) is 30.3 Å². The number of carbonyl (C=O) groups is 2. The van der Waals surface area contributed by atoms with Gasteiger partial charge in [-0.3, -0.25) is 9.59 Å². The third-order valence-electron chi connectivity index (χ3n) is 6.70. The molecule has 5 rings (SSSR count). The van der Waals surface area contributed by atoms with Gasteiger partial charge in [-0.05, 0) is 56.0 Å². The van der Waals surface area contributed by atoms with Crippen LogP contribution in [0.5, 0.6) is 0 Å². The van der Waals surface area contributed by atoms with Crippen LogP contribution in [0.4, 0.5) is 11.4 Å². The minimum absolute atomic E-state index is 0.0419. The van der Waals surface area contributed by atoms with Gasteiger partial charge in [0.25, 0.3) is 5.91 Å². The summed E-state index contributed by atoms with van der Waals surface area (Å²) in [7, 11) is 0. The SMILES string of the molecule is Cc1c(C(=O)c2ccccc2)ccc(NC(=O)c2csc(-c3ccnnc3)n2)c1N1CCC[C@@H](CN)C1. The number of nitrogens with zero attached hydrogens (tertiary/aromatic N) is 4. The fraction of sp³-hybridized carbons (Fsp3) is 0.250. The second kappa shape index (κ2) is 11.0. The number of thiazole rings is 1. The first-order valence-corrected chi connectivity index (χ1v) is 13.2. The summed E-state index contributed by atoms with van der Waals surface area (Å²) >= 11 is 1.38. The van der Waals surface area contributed by atoms with Crippen LogP contribution in [-0.2, 0) is 0 Å². The monoisotopic (exact) mass is 512 g/mol. The highest BCUT2D eigenvalue weighted by molar-refractivity contribution is 7.13. The molecule has 2 aromatic carbocycles. The zero-order valence-electron chi connectivity index (χ0n) is 20.6. The maximum Gasteiger partial charge on any atom is 0.275 e. The Kier molecular flexibility index (Phi) is 7.34. The number of ketones is 1. The number of hydrogen-bond acceptors (Lipinski definition) is 8. The first-order valence-electron chi connectivity index (χ1n) is 12.3. The van der Waals surface area contributed by atoms with Crippen molar-refractivity contribution in [3.05, 3.63) is 88.7 Å². The highest BCUT2D eigenvalue weighted by Crippen LogP contribution is 2.36. The fourth-order valence-electron chi connectivity index (χ4n) is 4.77. The van der Waals surface area contributed by atoms with Crippen molar-refractivity contribution in [2.75, 3.05) is 29.9 Å². The lowest BCUT2D eigenvalue weighted by molar-refractivity contribution is 0.102. The Morgan fingerprint density at radius 2 is 1.97 bits per heavy atom. The molecule has 0 aliphatic carbocycles. The van der Waals surface area contributed by atoms with Gasteiger partial charge in [-0.2, -0.15) is 10.2 Å². The van der Waals surface area contributed by atoms with E-state index in [0.717, 1.165) is 42.7 Å². The minimum Gasteiger partial charge on any atom is -0.369 e. The second-order valence-corrected chi connectivity index (χ2v) is 10.0. The number of rotatable bonds is 7. The van der Waals surface area contributed by atoms with E-state index in [-0.39, 0.29) is 11.7 Å². The van der Waals surface area contributed by atoms with Gasteiger partial charge in [0.05, 0.1) is 23.8 Å². The molecule has 0 unspecified atom stereocenters. The summed E-state index contributed by atoms with van der Waals surface area (Å²) in [5, 5.41) is 13.2. The molecular weight excluding hydrogens is 484 g/mol. The average molecular weight is 513 g/mol. The number of piperidine rings is 1. The molecule has 3 heterocycles. The van der Waals surface area contributed by atoms with E-state index in [2.05, 4.69) is 25.4 Å². The van der Waals surface area contributed by atoms with Crippen LogP contribution in [0.1, 0.15) is 44.8 Å².